The van der Waals surface area contributed by atoms with Crippen LogP contribution in [0.25, 0.3) is 0 Å². The fourth-order valence-electron chi connectivity index (χ4n) is 1.24. The van der Waals surface area contributed by atoms with Crippen LogP contribution in [-0.2, 0) is 0 Å². The molecular formula is C10H15NO. The van der Waals surface area contributed by atoms with Gasteiger partial charge in [0.25, 0.3) is 0 Å². The Hall–Kier alpha value is -0.890. The standard InChI is InChI=1S/C10H15NO/c1-8(2)9(7-12)10-5-3-4-6-11-10/h3-6,8-9,12H,7H2,1-2H3. The smallest absolute Gasteiger partial charge is 0.0517 e. The van der Waals surface area contributed by atoms with Crippen molar-refractivity contribution >= 4 is 0 Å². The highest BCUT2D eigenvalue weighted by molar-refractivity contribution is 5.10. The largest absolute Gasteiger partial charge is 0.396 e. The van der Waals surface area contributed by atoms with Crippen LogP contribution in [0.5, 0.6) is 0 Å². The van der Waals surface area contributed by atoms with Crippen molar-refractivity contribution in [1.82, 2.24) is 4.98 Å². The van der Waals surface area contributed by atoms with Gasteiger partial charge in [0.1, 0.15) is 0 Å². The average Bonchev–Trinajstić information content (AvgIpc) is 2.07. The lowest BCUT2D eigenvalue weighted by Gasteiger charge is -2.16. The Kier molecular flexibility index (Phi) is 3.23. The minimum Gasteiger partial charge on any atom is -0.396 e. The maximum atomic E-state index is 9.11. The fraction of sp³-hybridized carbons (Fsp3) is 0.500. The van der Waals surface area contributed by atoms with Crippen LogP contribution in [0.2, 0.25) is 0 Å². The number of rotatable bonds is 3. The van der Waals surface area contributed by atoms with Crippen molar-refractivity contribution in [2.24, 2.45) is 5.92 Å². The van der Waals surface area contributed by atoms with Gasteiger partial charge in [0.15, 0.2) is 0 Å². The van der Waals surface area contributed by atoms with E-state index in [1.165, 1.54) is 0 Å². The van der Waals surface area contributed by atoms with Crippen LogP contribution in [0.3, 0.4) is 0 Å². The normalized spacial score (nSPS) is 13.3. The Balaban J connectivity index is 2.80. The molecule has 0 saturated heterocycles. The van der Waals surface area contributed by atoms with Crippen molar-refractivity contribution in [2.45, 2.75) is 19.8 Å². The third-order valence-electron chi connectivity index (χ3n) is 2.07. The Morgan fingerprint density at radius 1 is 1.42 bits per heavy atom. The molecule has 66 valence electrons. The van der Waals surface area contributed by atoms with E-state index in [9.17, 15) is 0 Å². The highest BCUT2D eigenvalue weighted by Gasteiger charge is 2.14. The molecule has 1 aromatic heterocycles. The van der Waals surface area contributed by atoms with E-state index in [1.807, 2.05) is 18.2 Å². The van der Waals surface area contributed by atoms with Gasteiger partial charge in [0.2, 0.25) is 0 Å². The Bertz CT molecular complexity index is 221. The van der Waals surface area contributed by atoms with Gasteiger partial charge in [-0.1, -0.05) is 19.9 Å². The van der Waals surface area contributed by atoms with Crippen LogP contribution in [0.15, 0.2) is 24.4 Å². The fourth-order valence-corrected chi connectivity index (χ4v) is 1.24. The van der Waals surface area contributed by atoms with E-state index in [2.05, 4.69) is 18.8 Å². The molecule has 1 unspecified atom stereocenters. The zero-order valence-corrected chi connectivity index (χ0v) is 7.57. The molecule has 1 N–H and O–H groups in total. The molecule has 12 heavy (non-hydrogen) atoms. The first-order valence-corrected chi connectivity index (χ1v) is 4.27. The molecular weight excluding hydrogens is 150 g/mol. The van der Waals surface area contributed by atoms with Gasteiger partial charge in [-0.3, -0.25) is 4.98 Å². The first-order chi connectivity index (χ1) is 5.75. The molecule has 0 aliphatic carbocycles. The minimum atomic E-state index is 0.172. The molecule has 0 amide bonds. The van der Waals surface area contributed by atoms with E-state index >= 15 is 0 Å². The van der Waals surface area contributed by atoms with Crippen LogP contribution in [-0.4, -0.2) is 16.7 Å². The minimum absolute atomic E-state index is 0.172. The van der Waals surface area contributed by atoms with Gasteiger partial charge in [0.05, 0.1) is 6.61 Å². The van der Waals surface area contributed by atoms with Gasteiger partial charge in [-0.15, -0.1) is 0 Å². The lowest BCUT2D eigenvalue weighted by Crippen LogP contribution is -2.12. The monoisotopic (exact) mass is 165 g/mol. The Morgan fingerprint density at radius 2 is 2.17 bits per heavy atom. The molecule has 0 bridgehead atoms. The molecule has 2 heteroatoms. The second-order valence-electron chi connectivity index (χ2n) is 3.29. The molecule has 0 aliphatic rings. The van der Waals surface area contributed by atoms with E-state index in [4.69, 9.17) is 5.11 Å². The molecule has 0 radical (unpaired) electrons. The van der Waals surface area contributed by atoms with Crippen molar-refractivity contribution in [3.63, 3.8) is 0 Å². The second kappa shape index (κ2) is 4.21. The van der Waals surface area contributed by atoms with Gasteiger partial charge in [0, 0.05) is 17.8 Å². The molecule has 0 aromatic carbocycles. The van der Waals surface area contributed by atoms with Crippen molar-refractivity contribution in [3.8, 4) is 0 Å². The number of hydrogen-bond acceptors (Lipinski definition) is 2. The summed E-state index contributed by atoms with van der Waals surface area (Å²) in [5.41, 5.74) is 0.981. The number of hydrogen-bond donors (Lipinski definition) is 1. The predicted octanol–water partition coefficient (Wildman–Crippen LogP) is 1.81. The van der Waals surface area contributed by atoms with Gasteiger partial charge in [-0.05, 0) is 18.1 Å². The van der Waals surface area contributed by atoms with E-state index in [-0.39, 0.29) is 12.5 Å². The average molecular weight is 165 g/mol. The number of aromatic nitrogens is 1. The Labute approximate surface area is 73.3 Å². The highest BCUT2D eigenvalue weighted by atomic mass is 16.3. The van der Waals surface area contributed by atoms with Crippen molar-refractivity contribution in [2.75, 3.05) is 6.61 Å². The van der Waals surface area contributed by atoms with Crippen LogP contribution in [0, 0.1) is 5.92 Å². The molecule has 1 aromatic rings. The van der Waals surface area contributed by atoms with Gasteiger partial charge >= 0.3 is 0 Å². The van der Waals surface area contributed by atoms with E-state index in [1.54, 1.807) is 6.20 Å². The molecule has 0 aliphatic heterocycles. The number of pyridine rings is 1. The third-order valence-corrected chi connectivity index (χ3v) is 2.07. The topological polar surface area (TPSA) is 33.1 Å². The second-order valence-corrected chi connectivity index (χ2v) is 3.29. The Morgan fingerprint density at radius 3 is 2.58 bits per heavy atom. The zero-order chi connectivity index (χ0) is 8.97. The summed E-state index contributed by atoms with van der Waals surface area (Å²) in [7, 11) is 0. The van der Waals surface area contributed by atoms with E-state index < -0.39 is 0 Å². The van der Waals surface area contributed by atoms with E-state index in [0.29, 0.717) is 5.92 Å². The summed E-state index contributed by atoms with van der Waals surface area (Å²) in [5.74, 6) is 0.607. The summed E-state index contributed by atoms with van der Waals surface area (Å²) in [6.45, 7) is 4.36. The van der Waals surface area contributed by atoms with Gasteiger partial charge in [-0.25, -0.2) is 0 Å². The van der Waals surface area contributed by atoms with Crippen LogP contribution >= 0.6 is 0 Å². The molecule has 1 heterocycles. The summed E-state index contributed by atoms with van der Waals surface area (Å²) in [5, 5.41) is 9.11. The van der Waals surface area contributed by atoms with Crippen molar-refractivity contribution in [3.05, 3.63) is 30.1 Å². The SMILES string of the molecule is CC(C)C(CO)c1ccccn1. The maximum absolute atomic E-state index is 9.11. The summed E-state index contributed by atoms with van der Waals surface area (Å²) in [6.07, 6.45) is 1.76. The zero-order valence-electron chi connectivity index (χ0n) is 7.57. The summed E-state index contributed by atoms with van der Waals surface area (Å²) < 4.78 is 0. The highest BCUT2D eigenvalue weighted by Crippen LogP contribution is 2.20. The summed E-state index contributed by atoms with van der Waals surface area (Å²) >= 11 is 0. The van der Waals surface area contributed by atoms with Crippen molar-refractivity contribution < 1.29 is 5.11 Å². The van der Waals surface area contributed by atoms with Crippen LogP contribution < -0.4 is 0 Å². The first kappa shape index (κ1) is 9.20. The number of aliphatic hydroxyl groups is 1. The summed E-state index contributed by atoms with van der Waals surface area (Å²) in [6, 6.07) is 5.80. The quantitative estimate of drug-likeness (QED) is 0.741. The molecule has 0 spiro atoms. The van der Waals surface area contributed by atoms with Gasteiger partial charge in [-0.2, -0.15) is 0 Å². The molecule has 1 atom stereocenters. The van der Waals surface area contributed by atoms with Crippen LogP contribution in [0.1, 0.15) is 25.5 Å². The molecule has 0 saturated carbocycles. The van der Waals surface area contributed by atoms with E-state index in [0.717, 1.165) is 5.69 Å². The van der Waals surface area contributed by atoms with Crippen LogP contribution in [0.4, 0.5) is 0 Å². The lowest BCUT2D eigenvalue weighted by atomic mass is 9.93. The maximum Gasteiger partial charge on any atom is 0.0517 e. The number of aliphatic hydroxyl groups excluding tert-OH is 1. The number of nitrogens with zero attached hydrogens (tertiary/aromatic N) is 1. The summed E-state index contributed by atoms with van der Waals surface area (Å²) in [4.78, 5) is 4.21. The predicted molar refractivity (Wildman–Crippen MR) is 48.9 cm³/mol. The first-order valence-electron chi connectivity index (χ1n) is 4.27. The molecule has 1 rings (SSSR count). The molecule has 2 nitrogen and oxygen atoms in total. The molecule has 0 fully saturated rings. The lowest BCUT2D eigenvalue weighted by molar-refractivity contribution is 0.235. The van der Waals surface area contributed by atoms with Crippen molar-refractivity contribution in [1.29, 1.82) is 0 Å². The third kappa shape index (κ3) is 2.05. The van der Waals surface area contributed by atoms with Gasteiger partial charge < -0.3 is 5.11 Å².